The first-order valence-electron chi connectivity index (χ1n) is 18.8. The van der Waals surface area contributed by atoms with Gasteiger partial charge in [0.1, 0.15) is 17.4 Å². The number of nitrogens with one attached hydrogen (secondary N) is 3. The van der Waals surface area contributed by atoms with Crippen LogP contribution in [-0.4, -0.2) is 87.1 Å². The Bertz CT molecular complexity index is 2160. The maximum absolute atomic E-state index is 13.9. The zero-order valence-electron chi connectivity index (χ0n) is 31.1. The molecular weight excluding hydrogens is 719 g/mol. The molecule has 0 saturated carbocycles. The molecule has 0 bridgehead atoms. The lowest BCUT2D eigenvalue weighted by molar-refractivity contribution is -0.188. The van der Waals surface area contributed by atoms with Gasteiger partial charge in [-0.15, -0.1) is 9.24 Å². The molecule has 14 nitrogen and oxygen atoms in total. The average Bonchev–Trinajstić information content (AvgIpc) is 4.03. The lowest BCUT2D eigenvalue weighted by Gasteiger charge is -2.26. The number of amides is 3. The van der Waals surface area contributed by atoms with Crippen LogP contribution in [0.2, 0.25) is 0 Å². The van der Waals surface area contributed by atoms with Crippen LogP contribution in [0.5, 0.6) is 0 Å². The van der Waals surface area contributed by atoms with Crippen LogP contribution in [0.25, 0.3) is 22.1 Å². The summed E-state index contributed by atoms with van der Waals surface area (Å²) in [5, 5.41) is 2.54. The smallest absolute Gasteiger partial charge is 0.407 e. The second-order valence-corrected chi connectivity index (χ2v) is 14.6. The van der Waals surface area contributed by atoms with E-state index in [-0.39, 0.29) is 23.9 Å². The highest BCUT2D eigenvalue weighted by Crippen LogP contribution is 2.36. The third kappa shape index (κ3) is 8.66. The minimum absolute atomic E-state index is 0.106. The molecule has 0 radical (unpaired) electrons. The van der Waals surface area contributed by atoms with E-state index < -0.39 is 17.9 Å². The predicted molar refractivity (Wildman–Crippen MR) is 211 cm³/mol. The molecule has 4 heterocycles. The number of benzene rings is 3. The van der Waals surface area contributed by atoms with Gasteiger partial charge in [-0.05, 0) is 92.3 Å². The van der Waals surface area contributed by atoms with E-state index in [9.17, 15) is 14.4 Å². The van der Waals surface area contributed by atoms with E-state index in [4.69, 9.17) is 14.9 Å². The molecule has 2 fully saturated rings. The molecule has 2 saturated heterocycles. The SMILES string of the molecule is COOC=N[C@@H](C(=O)N1CCC[C@H]1c1nc2ccc(CCCCc3ccc4nc([C@@H]5CCCN5C(=O)[C@@H](P)NC(=O)OC)[nH]c4c3)cc2[nH]1)c1ccccc1. The molecule has 3 N–H and O–H groups in total. The molecule has 55 heavy (non-hydrogen) atoms. The molecule has 15 heteroatoms. The number of aryl methyl sites for hydroxylation is 2. The molecule has 0 aliphatic carbocycles. The molecule has 7 rings (SSSR count). The summed E-state index contributed by atoms with van der Waals surface area (Å²) in [7, 11) is 5.05. The number of aromatic nitrogens is 4. The molecule has 2 aliphatic heterocycles. The van der Waals surface area contributed by atoms with Gasteiger partial charge in [-0.25, -0.2) is 19.8 Å². The van der Waals surface area contributed by atoms with Crippen molar-refractivity contribution in [2.24, 2.45) is 4.99 Å². The summed E-state index contributed by atoms with van der Waals surface area (Å²) in [6.07, 6.45) is 7.78. The largest absolute Gasteiger partial charge is 0.453 e. The molecule has 3 amide bonds. The van der Waals surface area contributed by atoms with Gasteiger partial charge in [0.2, 0.25) is 12.3 Å². The van der Waals surface area contributed by atoms with Gasteiger partial charge in [0.05, 0.1) is 48.4 Å². The van der Waals surface area contributed by atoms with Gasteiger partial charge >= 0.3 is 6.09 Å². The van der Waals surface area contributed by atoms with Gasteiger partial charge in [0, 0.05) is 13.1 Å². The third-order valence-corrected chi connectivity index (χ3v) is 10.9. The van der Waals surface area contributed by atoms with Crippen LogP contribution in [0.15, 0.2) is 71.7 Å². The van der Waals surface area contributed by atoms with Crippen LogP contribution in [0.3, 0.4) is 0 Å². The van der Waals surface area contributed by atoms with Gasteiger partial charge in [-0.3, -0.25) is 9.59 Å². The Balaban J connectivity index is 0.952. The molecule has 3 aromatic carbocycles. The minimum atomic E-state index is -0.773. The van der Waals surface area contributed by atoms with Crippen molar-refractivity contribution in [3.05, 3.63) is 95.1 Å². The highest BCUT2D eigenvalue weighted by Gasteiger charge is 2.37. The first-order chi connectivity index (χ1) is 26.8. The van der Waals surface area contributed by atoms with Gasteiger partial charge in [-0.2, -0.15) is 4.89 Å². The van der Waals surface area contributed by atoms with Crippen molar-refractivity contribution in [3.63, 3.8) is 0 Å². The van der Waals surface area contributed by atoms with Crippen molar-refractivity contribution in [2.75, 3.05) is 27.3 Å². The summed E-state index contributed by atoms with van der Waals surface area (Å²) in [4.78, 5) is 73.0. The van der Waals surface area contributed by atoms with Gasteiger partial charge in [0.15, 0.2) is 6.04 Å². The number of carbonyl (C=O) groups excluding carboxylic acids is 3. The summed E-state index contributed by atoms with van der Waals surface area (Å²) in [5.74, 6) is 0.482. The second kappa shape index (κ2) is 17.4. The number of alkyl carbamates (subject to hydrolysis) is 1. The first kappa shape index (κ1) is 38.0. The highest BCUT2D eigenvalue weighted by molar-refractivity contribution is 7.19. The quantitative estimate of drug-likeness (QED) is 0.0299. The Hall–Kier alpha value is -5.33. The van der Waals surface area contributed by atoms with Gasteiger partial charge in [0.25, 0.3) is 5.91 Å². The maximum Gasteiger partial charge on any atom is 0.407 e. The number of rotatable bonds is 14. The summed E-state index contributed by atoms with van der Waals surface area (Å²) < 4.78 is 4.65. The number of ether oxygens (including phenoxy) is 1. The van der Waals surface area contributed by atoms with Crippen LogP contribution < -0.4 is 5.32 Å². The van der Waals surface area contributed by atoms with Crippen LogP contribution >= 0.6 is 9.24 Å². The Morgan fingerprint density at radius 1 is 0.855 bits per heavy atom. The number of hydrogen-bond donors (Lipinski definition) is 3. The lowest BCUT2D eigenvalue weighted by Crippen LogP contribution is -2.45. The van der Waals surface area contributed by atoms with E-state index in [2.05, 4.69) is 69.5 Å². The third-order valence-electron chi connectivity index (χ3n) is 10.4. The van der Waals surface area contributed by atoms with Crippen LogP contribution in [0, 0.1) is 0 Å². The maximum atomic E-state index is 13.9. The van der Waals surface area contributed by atoms with Crippen LogP contribution in [-0.2, 0) is 36.9 Å². The molecule has 0 spiro atoms. The zero-order valence-corrected chi connectivity index (χ0v) is 32.2. The lowest BCUT2D eigenvalue weighted by atomic mass is 10.0. The summed E-state index contributed by atoms with van der Waals surface area (Å²) in [6.45, 7) is 1.23. The number of hydrogen-bond acceptors (Lipinski definition) is 9. The highest BCUT2D eigenvalue weighted by atomic mass is 31.0. The predicted octanol–water partition coefficient (Wildman–Crippen LogP) is 6.24. The number of methoxy groups -OCH3 is 1. The Labute approximate surface area is 321 Å². The molecule has 1 unspecified atom stereocenters. The normalized spacial score (nSPS) is 18.3. The topological polar surface area (TPSA) is 167 Å². The van der Waals surface area contributed by atoms with E-state index >= 15 is 0 Å². The van der Waals surface area contributed by atoms with Crippen molar-refractivity contribution < 1.29 is 28.9 Å². The number of aromatic amines is 2. The number of fused-ring (bicyclic) bond motifs is 2. The standard InChI is InChI=1S/C40H47N8O6P/c1-52-40(51)46-37(55)39(50)48-21-9-15-33(48)36-43-29-19-17-26(23-31(29)45-36)11-7-6-10-25-16-18-28-30(22-25)44-35(42-28)32-14-8-20-47(32)38(49)34(41-24-54-53-2)27-12-4-3-5-13-27/h3-5,12-13,16-19,22-24,32-34,37H,6-11,14-15,20-21,55H2,1-2H3,(H,42,44)(H,43,45)(H,46,51)/t32-,33-,34+,37+/m0/s1. The van der Waals surface area contributed by atoms with Crippen molar-refractivity contribution in [2.45, 2.75) is 75.3 Å². The molecular formula is C40H47N8O6P. The van der Waals surface area contributed by atoms with Crippen LogP contribution in [0.4, 0.5) is 4.79 Å². The monoisotopic (exact) mass is 766 g/mol. The summed E-state index contributed by atoms with van der Waals surface area (Å²) in [5.41, 5.74) is 6.91. The Morgan fingerprint density at radius 2 is 1.42 bits per heavy atom. The fourth-order valence-corrected chi connectivity index (χ4v) is 8.03. The Morgan fingerprint density at radius 3 is 1.96 bits per heavy atom. The number of carbonyl (C=O) groups is 3. The number of imidazole rings is 2. The fourth-order valence-electron chi connectivity index (χ4n) is 7.71. The number of H-pyrrole nitrogens is 2. The van der Waals surface area contributed by atoms with Crippen molar-refractivity contribution >= 4 is 55.6 Å². The van der Waals surface area contributed by atoms with Gasteiger partial charge in [-0.1, -0.05) is 42.5 Å². The zero-order chi connectivity index (χ0) is 38.3. The van der Waals surface area contributed by atoms with Crippen molar-refractivity contribution in [1.82, 2.24) is 35.1 Å². The van der Waals surface area contributed by atoms with E-state index in [0.717, 1.165) is 90.6 Å². The van der Waals surface area contributed by atoms with E-state index in [1.165, 1.54) is 31.7 Å². The van der Waals surface area contributed by atoms with Crippen molar-refractivity contribution in [3.8, 4) is 0 Å². The number of unbranched alkanes of at least 4 members (excludes halogenated alkanes) is 1. The van der Waals surface area contributed by atoms with Crippen molar-refractivity contribution in [1.29, 1.82) is 0 Å². The number of nitrogens with zero attached hydrogens (tertiary/aromatic N) is 5. The summed E-state index contributed by atoms with van der Waals surface area (Å²) in [6, 6.07) is 21.1. The average molecular weight is 767 g/mol. The van der Waals surface area contributed by atoms with E-state index in [1.807, 2.05) is 41.3 Å². The molecule has 5 aromatic rings. The van der Waals surface area contributed by atoms with Crippen LogP contribution in [0.1, 0.15) is 85.0 Å². The van der Waals surface area contributed by atoms with E-state index in [0.29, 0.717) is 13.1 Å². The number of likely N-dealkylation sites (tertiary alicyclic amines) is 2. The van der Waals surface area contributed by atoms with Gasteiger partial charge < -0.3 is 34.7 Å². The first-order valence-corrected chi connectivity index (χ1v) is 19.4. The minimum Gasteiger partial charge on any atom is -0.453 e. The fraction of sp³-hybridized carbons (Fsp3) is 0.400. The number of aliphatic imine (C=N–C) groups is 1. The summed E-state index contributed by atoms with van der Waals surface area (Å²) >= 11 is 0. The Kier molecular flexibility index (Phi) is 12.0. The molecule has 5 atom stereocenters. The molecule has 288 valence electrons. The molecule has 2 aromatic heterocycles. The second-order valence-electron chi connectivity index (χ2n) is 14.0. The molecule has 2 aliphatic rings. The van der Waals surface area contributed by atoms with E-state index in [1.54, 1.807) is 4.90 Å².